The molecule has 0 saturated carbocycles. The molecule has 0 radical (unpaired) electrons. The predicted molar refractivity (Wildman–Crippen MR) is 62.4 cm³/mol. The van der Waals surface area contributed by atoms with Gasteiger partial charge in [0.15, 0.2) is 0 Å². The van der Waals surface area contributed by atoms with Gasteiger partial charge in [-0.15, -0.1) is 0 Å². The van der Waals surface area contributed by atoms with Gasteiger partial charge in [0, 0.05) is 12.8 Å². The van der Waals surface area contributed by atoms with Crippen molar-refractivity contribution in [3.05, 3.63) is 0 Å². The SMILES string of the molecule is CCC(C)CCCC(=O)CC(C)(C)C. The Morgan fingerprint density at radius 1 is 1.29 bits per heavy atom. The Hall–Kier alpha value is -0.330. The standard InChI is InChI=1S/C13H26O/c1-6-11(2)8-7-9-12(14)10-13(3,4)5/h11H,6-10H2,1-5H3. The van der Waals surface area contributed by atoms with Crippen LogP contribution in [0.2, 0.25) is 0 Å². The first-order chi connectivity index (χ1) is 6.35. The van der Waals surface area contributed by atoms with Crippen molar-refractivity contribution in [1.29, 1.82) is 0 Å². The van der Waals surface area contributed by atoms with Gasteiger partial charge in [-0.2, -0.15) is 0 Å². The Labute approximate surface area is 89.3 Å². The van der Waals surface area contributed by atoms with Crippen molar-refractivity contribution in [2.45, 2.75) is 66.7 Å². The molecule has 1 atom stereocenters. The summed E-state index contributed by atoms with van der Waals surface area (Å²) in [5, 5.41) is 0. The first-order valence-electron chi connectivity index (χ1n) is 5.87. The van der Waals surface area contributed by atoms with Crippen molar-refractivity contribution < 1.29 is 4.79 Å². The first-order valence-corrected chi connectivity index (χ1v) is 5.87. The lowest BCUT2D eigenvalue weighted by molar-refractivity contribution is -0.120. The molecule has 0 fully saturated rings. The first kappa shape index (κ1) is 13.7. The third kappa shape index (κ3) is 8.28. The van der Waals surface area contributed by atoms with Crippen LogP contribution in [0.1, 0.15) is 66.7 Å². The summed E-state index contributed by atoms with van der Waals surface area (Å²) in [5.74, 6) is 1.21. The van der Waals surface area contributed by atoms with Crippen molar-refractivity contribution in [1.82, 2.24) is 0 Å². The highest BCUT2D eigenvalue weighted by atomic mass is 16.1. The van der Waals surface area contributed by atoms with Crippen molar-refractivity contribution in [2.24, 2.45) is 11.3 Å². The molecule has 84 valence electrons. The van der Waals surface area contributed by atoms with Gasteiger partial charge in [-0.25, -0.2) is 0 Å². The van der Waals surface area contributed by atoms with E-state index < -0.39 is 0 Å². The molecule has 0 N–H and O–H groups in total. The van der Waals surface area contributed by atoms with Gasteiger partial charge in [-0.1, -0.05) is 47.5 Å². The molecule has 0 spiro atoms. The van der Waals surface area contributed by atoms with E-state index in [0.29, 0.717) is 5.78 Å². The summed E-state index contributed by atoms with van der Waals surface area (Å²) in [6.07, 6.45) is 5.01. The van der Waals surface area contributed by atoms with E-state index in [2.05, 4.69) is 34.6 Å². The van der Waals surface area contributed by atoms with E-state index in [1.54, 1.807) is 0 Å². The van der Waals surface area contributed by atoms with Crippen LogP contribution in [0.3, 0.4) is 0 Å². The Morgan fingerprint density at radius 2 is 1.86 bits per heavy atom. The highest BCUT2D eigenvalue weighted by Gasteiger charge is 2.15. The summed E-state index contributed by atoms with van der Waals surface area (Å²) in [6, 6.07) is 0. The Balaban J connectivity index is 3.55. The fourth-order valence-electron chi connectivity index (χ4n) is 1.53. The summed E-state index contributed by atoms with van der Waals surface area (Å²) in [5.41, 5.74) is 0.160. The van der Waals surface area contributed by atoms with Crippen LogP contribution in [0, 0.1) is 11.3 Å². The molecule has 0 heterocycles. The van der Waals surface area contributed by atoms with E-state index in [1.165, 1.54) is 12.8 Å². The fraction of sp³-hybridized carbons (Fsp3) is 0.923. The van der Waals surface area contributed by atoms with Crippen molar-refractivity contribution in [3.8, 4) is 0 Å². The maximum atomic E-state index is 11.5. The number of ketones is 1. The molecular formula is C13H26O. The maximum absolute atomic E-state index is 11.5. The lowest BCUT2D eigenvalue weighted by Gasteiger charge is -2.16. The molecule has 0 aliphatic heterocycles. The molecule has 0 aliphatic carbocycles. The average Bonchev–Trinajstić information content (AvgIpc) is 2.00. The highest BCUT2D eigenvalue weighted by molar-refractivity contribution is 5.78. The van der Waals surface area contributed by atoms with Gasteiger partial charge in [0.2, 0.25) is 0 Å². The molecular weight excluding hydrogens is 172 g/mol. The second-order valence-corrected chi connectivity index (χ2v) is 5.68. The molecule has 1 unspecified atom stereocenters. The molecule has 0 aromatic heterocycles. The topological polar surface area (TPSA) is 17.1 Å². The molecule has 14 heavy (non-hydrogen) atoms. The lowest BCUT2D eigenvalue weighted by Crippen LogP contribution is -2.12. The van der Waals surface area contributed by atoms with Crippen LogP contribution in [0.15, 0.2) is 0 Å². The number of rotatable bonds is 6. The zero-order valence-corrected chi connectivity index (χ0v) is 10.5. The smallest absolute Gasteiger partial charge is 0.133 e. The van der Waals surface area contributed by atoms with Crippen molar-refractivity contribution >= 4 is 5.78 Å². The number of carbonyl (C=O) groups excluding carboxylic acids is 1. The Kier molecular flexibility index (Phi) is 6.06. The minimum absolute atomic E-state index is 0.160. The summed E-state index contributed by atoms with van der Waals surface area (Å²) >= 11 is 0. The maximum Gasteiger partial charge on any atom is 0.133 e. The van der Waals surface area contributed by atoms with Gasteiger partial charge in [-0.3, -0.25) is 4.79 Å². The van der Waals surface area contributed by atoms with E-state index in [4.69, 9.17) is 0 Å². The molecule has 0 rings (SSSR count). The minimum Gasteiger partial charge on any atom is -0.300 e. The van der Waals surface area contributed by atoms with Crippen LogP contribution in [0.5, 0.6) is 0 Å². The van der Waals surface area contributed by atoms with Crippen LogP contribution >= 0.6 is 0 Å². The van der Waals surface area contributed by atoms with Crippen LogP contribution in [0.4, 0.5) is 0 Å². The van der Waals surface area contributed by atoms with Crippen molar-refractivity contribution in [2.75, 3.05) is 0 Å². The van der Waals surface area contributed by atoms with Gasteiger partial charge >= 0.3 is 0 Å². The largest absolute Gasteiger partial charge is 0.300 e. The molecule has 0 amide bonds. The van der Waals surface area contributed by atoms with E-state index in [1.807, 2.05) is 0 Å². The van der Waals surface area contributed by atoms with Crippen LogP contribution < -0.4 is 0 Å². The van der Waals surface area contributed by atoms with Gasteiger partial charge in [0.25, 0.3) is 0 Å². The monoisotopic (exact) mass is 198 g/mol. The average molecular weight is 198 g/mol. The van der Waals surface area contributed by atoms with E-state index in [0.717, 1.165) is 25.2 Å². The summed E-state index contributed by atoms with van der Waals surface area (Å²) in [6.45, 7) is 10.8. The normalized spacial score (nSPS) is 14.1. The zero-order valence-electron chi connectivity index (χ0n) is 10.5. The lowest BCUT2D eigenvalue weighted by atomic mass is 9.88. The third-order valence-corrected chi connectivity index (χ3v) is 2.58. The van der Waals surface area contributed by atoms with Crippen LogP contribution in [-0.4, -0.2) is 5.78 Å². The second kappa shape index (κ2) is 6.21. The highest BCUT2D eigenvalue weighted by Crippen LogP contribution is 2.21. The fourth-order valence-corrected chi connectivity index (χ4v) is 1.53. The van der Waals surface area contributed by atoms with Crippen LogP contribution in [-0.2, 0) is 4.79 Å². The van der Waals surface area contributed by atoms with Gasteiger partial charge in [-0.05, 0) is 17.8 Å². The van der Waals surface area contributed by atoms with Gasteiger partial charge in [0.05, 0.1) is 0 Å². The molecule has 0 bridgehead atoms. The molecule has 0 aromatic rings. The van der Waals surface area contributed by atoms with E-state index >= 15 is 0 Å². The number of Topliss-reactive ketones (excluding diaryl/α,β-unsaturated/α-hetero) is 1. The summed E-state index contributed by atoms with van der Waals surface area (Å²) < 4.78 is 0. The number of carbonyl (C=O) groups is 1. The van der Waals surface area contributed by atoms with E-state index in [-0.39, 0.29) is 5.41 Å². The van der Waals surface area contributed by atoms with E-state index in [9.17, 15) is 4.79 Å². The van der Waals surface area contributed by atoms with Gasteiger partial charge in [0.1, 0.15) is 5.78 Å². The van der Waals surface area contributed by atoms with Gasteiger partial charge < -0.3 is 0 Å². The van der Waals surface area contributed by atoms with Crippen LogP contribution in [0.25, 0.3) is 0 Å². The number of hydrogen-bond donors (Lipinski definition) is 0. The minimum atomic E-state index is 0.160. The molecule has 1 heteroatoms. The second-order valence-electron chi connectivity index (χ2n) is 5.68. The zero-order chi connectivity index (χ0) is 11.2. The third-order valence-electron chi connectivity index (χ3n) is 2.58. The molecule has 1 nitrogen and oxygen atoms in total. The van der Waals surface area contributed by atoms with Crippen molar-refractivity contribution in [3.63, 3.8) is 0 Å². The quantitative estimate of drug-likeness (QED) is 0.625. The summed E-state index contributed by atoms with van der Waals surface area (Å²) in [4.78, 5) is 11.5. The number of hydrogen-bond acceptors (Lipinski definition) is 1. The summed E-state index contributed by atoms with van der Waals surface area (Å²) in [7, 11) is 0. The molecule has 0 aliphatic rings. The molecule has 0 saturated heterocycles. The molecule has 0 aromatic carbocycles. The Morgan fingerprint density at radius 3 is 2.29 bits per heavy atom. The Bertz CT molecular complexity index is 165. The predicted octanol–water partition coefficient (Wildman–Crippen LogP) is 4.21.